The maximum atomic E-state index is 13.5. The second kappa shape index (κ2) is 10.9. The molecule has 2 amide bonds. The fourth-order valence-corrected chi connectivity index (χ4v) is 12.8. The Kier molecular flexibility index (Phi) is 6.91. The predicted molar refractivity (Wildman–Crippen MR) is 195 cm³/mol. The maximum Gasteiger partial charge on any atom is 0.322 e. The van der Waals surface area contributed by atoms with Gasteiger partial charge in [0, 0.05) is 58.2 Å². The lowest BCUT2D eigenvalue weighted by molar-refractivity contribution is -0.163. The molecule has 8 atom stereocenters. The molecule has 2 spiro atoms. The van der Waals surface area contributed by atoms with Gasteiger partial charge in [0.2, 0.25) is 11.8 Å². The molecule has 2 saturated heterocycles. The first-order valence-electron chi connectivity index (χ1n) is 18.2. The molecule has 0 radical (unpaired) electrons. The summed E-state index contributed by atoms with van der Waals surface area (Å²) in [5.74, 6) is -1.35. The second-order valence-electron chi connectivity index (χ2n) is 15.8. The molecule has 4 fully saturated rings. The van der Waals surface area contributed by atoms with E-state index in [4.69, 9.17) is 9.47 Å². The Morgan fingerprint density at radius 1 is 0.712 bits per heavy atom. The minimum absolute atomic E-state index is 0.0313. The Bertz CT molecular complexity index is 1900. The molecule has 10 heteroatoms. The molecule has 10 rings (SSSR count). The molecule has 8 aliphatic rings. The van der Waals surface area contributed by atoms with Crippen LogP contribution in [0, 0.1) is 21.7 Å². The van der Waals surface area contributed by atoms with Crippen LogP contribution < -0.4 is 10.6 Å². The highest BCUT2D eigenvalue weighted by Crippen LogP contribution is 2.73. The quantitative estimate of drug-likeness (QED) is 0.272. The van der Waals surface area contributed by atoms with E-state index < -0.39 is 44.4 Å². The van der Waals surface area contributed by atoms with Gasteiger partial charge in [-0.05, 0) is 62.0 Å². The average molecular weight is 701 g/mol. The number of carbonyl (C=O) groups excluding carboxylic acids is 4. The molecule has 0 bridgehead atoms. The number of esters is 2. The number of amides is 2. The van der Waals surface area contributed by atoms with Gasteiger partial charge < -0.3 is 20.1 Å². The van der Waals surface area contributed by atoms with Crippen LogP contribution in [0.15, 0.2) is 98.1 Å². The fourth-order valence-electron chi connectivity index (χ4n) is 12.8. The van der Waals surface area contributed by atoms with Crippen molar-refractivity contribution in [3.05, 3.63) is 109 Å². The van der Waals surface area contributed by atoms with Crippen LogP contribution in [-0.2, 0) is 39.5 Å². The van der Waals surface area contributed by atoms with E-state index in [1.54, 1.807) is 0 Å². The molecular formula is C42H44N4O6. The van der Waals surface area contributed by atoms with E-state index in [-0.39, 0.29) is 23.9 Å². The molecule has 2 saturated carbocycles. The number of nitrogens with zero attached hydrogens (tertiary/aromatic N) is 2. The Hall–Kier alpha value is -4.80. The average Bonchev–Trinajstić information content (AvgIpc) is 3.91. The van der Waals surface area contributed by atoms with Crippen LogP contribution in [0.2, 0.25) is 0 Å². The van der Waals surface area contributed by atoms with Crippen molar-refractivity contribution in [2.75, 3.05) is 51.0 Å². The summed E-state index contributed by atoms with van der Waals surface area (Å²) in [6.07, 6.45) is 14.8. The van der Waals surface area contributed by atoms with Crippen LogP contribution in [0.25, 0.3) is 0 Å². The van der Waals surface area contributed by atoms with Gasteiger partial charge in [-0.15, -0.1) is 13.2 Å². The number of fused-ring (bicyclic) bond motifs is 2. The number of anilines is 2. The van der Waals surface area contributed by atoms with Crippen molar-refractivity contribution in [2.24, 2.45) is 21.7 Å². The van der Waals surface area contributed by atoms with Gasteiger partial charge in [-0.1, -0.05) is 72.9 Å². The molecule has 0 unspecified atom stereocenters. The monoisotopic (exact) mass is 700 g/mol. The topological polar surface area (TPSA) is 117 Å². The number of ether oxygens (including phenoxy) is 2. The third kappa shape index (κ3) is 3.48. The number of para-hydroxylation sites is 2. The summed E-state index contributed by atoms with van der Waals surface area (Å²) < 4.78 is 10.5. The van der Waals surface area contributed by atoms with Crippen molar-refractivity contribution in [1.29, 1.82) is 0 Å². The van der Waals surface area contributed by atoms with Gasteiger partial charge in [0.05, 0.1) is 14.2 Å². The largest absolute Gasteiger partial charge is 0.468 e. The minimum Gasteiger partial charge on any atom is -0.468 e. The van der Waals surface area contributed by atoms with E-state index in [1.807, 2.05) is 48.6 Å². The molecule has 52 heavy (non-hydrogen) atoms. The van der Waals surface area contributed by atoms with Crippen LogP contribution in [0.5, 0.6) is 0 Å². The van der Waals surface area contributed by atoms with Crippen molar-refractivity contribution in [2.45, 2.75) is 48.6 Å². The molecule has 268 valence electrons. The number of hydrogen-bond acceptors (Lipinski definition) is 8. The fraction of sp³-hybridized carbons (Fsp3) is 0.429. The number of methoxy groups -OCH3 is 2. The van der Waals surface area contributed by atoms with Crippen molar-refractivity contribution in [3.8, 4) is 0 Å². The maximum absolute atomic E-state index is 13.5. The van der Waals surface area contributed by atoms with Crippen molar-refractivity contribution in [3.63, 3.8) is 0 Å². The Morgan fingerprint density at radius 2 is 1.12 bits per heavy atom. The van der Waals surface area contributed by atoms with Gasteiger partial charge in [-0.25, -0.2) is 0 Å². The summed E-state index contributed by atoms with van der Waals surface area (Å²) in [5, 5.41) is 6.00. The van der Waals surface area contributed by atoms with E-state index in [9.17, 15) is 19.2 Å². The molecule has 0 aromatic heterocycles. The van der Waals surface area contributed by atoms with Crippen LogP contribution in [0.3, 0.4) is 0 Å². The van der Waals surface area contributed by atoms with Gasteiger partial charge in [0.15, 0.2) is 10.8 Å². The summed E-state index contributed by atoms with van der Waals surface area (Å²) in [7, 11) is 2.76. The van der Waals surface area contributed by atoms with Crippen LogP contribution in [0.4, 0.5) is 11.4 Å². The number of hydrogen-bond donors (Lipinski definition) is 2. The van der Waals surface area contributed by atoms with E-state index in [0.29, 0.717) is 12.8 Å². The van der Waals surface area contributed by atoms with Gasteiger partial charge in [-0.2, -0.15) is 0 Å². The van der Waals surface area contributed by atoms with Crippen LogP contribution in [0.1, 0.15) is 36.8 Å². The minimum atomic E-state index is -1.24. The highest BCUT2D eigenvalue weighted by Gasteiger charge is 2.81. The second-order valence-corrected chi connectivity index (χ2v) is 15.8. The zero-order valence-electron chi connectivity index (χ0n) is 29.7. The summed E-state index contributed by atoms with van der Waals surface area (Å²) in [6, 6.07) is 15.9. The van der Waals surface area contributed by atoms with Crippen LogP contribution in [-0.4, -0.2) is 86.0 Å². The van der Waals surface area contributed by atoms with Crippen molar-refractivity contribution < 1.29 is 28.7 Å². The molecular weight excluding hydrogens is 656 g/mol. The lowest BCUT2D eigenvalue weighted by Gasteiger charge is -2.48. The van der Waals surface area contributed by atoms with E-state index in [1.165, 1.54) is 14.2 Å². The normalized spacial score (nSPS) is 39.6. The summed E-state index contributed by atoms with van der Waals surface area (Å²) >= 11 is 0. The molecule has 10 nitrogen and oxygen atoms in total. The number of nitrogens with one attached hydrogen (secondary N) is 2. The number of benzene rings is 2. The molecule has 2 aliphatic carbocycles. The summed E-state index contributed by atoms with van der Waals surface area (Å²) in [5.41, 5.74) is -0.781. The third-order valence-corrected chi connectivity index (χ3v) is 14.4. The molecule has 2 aromatic carbocycles. The zero-order valence-corrected chi connectivity index (χ0v) is 29.7. The van der Waals surface area contributed by atoms with E-state index >= 15 is 0 Å². The first-order valence-corrected chi connectivity index (χ1v) is 18.2. The number of carbonyl (C=O) groups is 4. The molecule has 6 aliphatic heterocycles. The SMILES string of the molecule is C=C[C@]12C=CCN3CC[C@@]4(c5ccccc5NC(=O)[C@@]4(C(=O)OC)C1)[C@@H]32.C=C[C@]12C=CCN3CC[C@@]4(c5ccccc5NC(=O)[C@@]4(C(=O)OC)C1)[C@@H]32. The summed E-state index contributed by atoms with van der Waals surface area (Å²) in [6.45, 7) is 11.6. The Labute approximate surface area is 303 Å². The van der Waals surface area contributed by atoms with Crippen molar-refractivity contribution in [1.82, 2.24) is 9.80 Å². The van der Waals surface area contributed by atoms with Gasteiger partial charge in [-0.3, -0.25) is 29.0 Å². The number of rotatable bonds is 4. The first-order chi connectivity index (χ1) is 25.1. The smallest absolute Gasteiger partial charge is 0.322 e. The molecule has 6 heterocycles. The molecule has 2 N–H and O–H groups in total. The van der Waals surface area contributed by atoms with Crippen molar-refractivity contribution >= 4 is 35.1 Å². The zero-order chi connectivity index (χ0) is 36.3. The van der Waals surface area contributed by atoms with E-state index in [2.05, 4.69) is 70.0 Å². The van der Waals surface area contributed by atoms with Gasteiger partial charge in [0.1, 0.15) is 0 Å². The lowest BCUT2D eigenvalue weighted by atomic mass is 9.57. The molecule has 2 aromatic rings. The van der Waals surface area contributed by atoms with Crippen LogP contribution >= 0.6 is 0 Å². The first kappa shape index (κ1) is 33.1. The lowest BCUT2D eigenvalue weighted by Crippen LogP contribution is -2.61. The van der Waals surface area contributed by atoms with E-state index in [0.717, 1.165) is 61.5 Å². The highest BCUT2D eigenvalue weighted by atomic mass is 16.5. The Morgan fingerprint density at radius 3 is 1.50 bits per heavy atom. The summed E-state index contributed by atoms with van der Waals surface area (Å²) in [4.78, 5) is 58.2. The predicted octanol–water partition coefficient (Wildman–Crippen LogP) is 4.51. The highest BCUT2D eigenvalue weighted by molar-refractivity contribution is 6.15. The van der Waals surface area contributed by atoms with Gasteiger partial charge >= 0.3 is 11.9 Å². The third-order valence-electron chi connectivity index (χ3n) is 14.4. The van der Waals surface area contributed by atoms with Gasteiger partial charge in [0.25, 0.3) is 0 Å². The standard InChI is InChI=1S/2C21H22N2O3/c2*1-3-19-9-6-11-23-12-10-20(16(19)23)14-7-4-5-8-15(14)22-17(24)21(20,13-19)18(25)26-2/h2*3-9,16H,1,10-13H2,2H3,(H,22,24)/t2*16-,19-,20+,21+/m00/s1. The Balaban J connectivity index is 0.000000138.